The molecule has 1 aliphatic heterocycles. The zero-order valence-electron chi connectivity index (χ0n) is 12.7. The molecule has 0 unspecified atom stereocenters. The van der Waals surface area contributed by atoms with Crippen LogP contribution in [0.15, 0.2) is 41.6 Å². The number of aromatic amines is 1. The molecule has 0 bridgehead atoms. The van der Waals surface area contributed by atoms with E-state index in [-0.39, 0.29) is 11.7 Å². The summed E-state index contributed by atoms with van der Waals surface area (Å²) in [5.74, 6) is 0.489. The van der Waals surface area contributed by atoms with Gasteiger partial charge in [-0.3, -0.25) is 9.13 Å². The van der Waals surface area contributed by atoms with Crippen molar-refractivity contribution < 1.29 is 4.74 Å². The minimum Gasteiger partial charge on any atom is -0.379 e. The first-order valence-corrected chi connectivity index (χ1v) is 7.79. The number of hydrogen-bond donors (Lipinski definition) is 1. The largest absolute Gasteiger partial charge is 0.379 e. The smallest absolute Gasteiger partial charge is 0.328 e. The van der Waals surface area contributed by atoms with Gasteiger partial charge in [-0.1, -0.05) is 12.1 Å². The quantitative estimate of drug-likeness (QED) is 0.603. The second kappa shape index (κ2) is 5.00. The molecule has 1 N–H and O–H groups in total. The van der Waals surface area contributed by atoms with Crippen LogP contribution in [0.3, 0.4) is 0 Å². The van der Waals surface area contributed by atoms with Crippen molar-refractivity contribution in [2.24, 2.45) is 0 Å². The van der Waals surface area contributed by atoms with Crippen molar-refractivity contribution in [3.63, 3.8) is 0 Å². The molecular formula is C16H14N6O2. The molecule has 0 spiro atoms. The van der Waals surface area contributed by atoms with Crippen molar-refractivity contribution in [2.75, 3.05) is 13.2 Å². The molecule has 8 heteroatoms. The van der Waals surface area contributed by atoms with Crippen molar-refractivity contribution in [3.8, 4) is 5.95 Å². The Kier molecular flexibility index (Phi) is 2.80. The number of rotatable bonds is 2. The number of benzene rings is 1. The lowest BCUT2D eigenvalue weighted by atomic mass is 10.2. The first-order chi connectivity index (χ1) is 11.8. The van der Waals surface area contributed by atoms with Gasteiger partial charge in [0.1, 0.15) is 11.8 Å². The van der Waals surface area contributed by atoms with Crippen molar-refractivity contribution in [2.45, 2.75) is 12.5 Å². The van der Waals surface area contributed by atoms with Gasteiger partial charge < -0.3 is 9.72 Å². The maximum atomic E-state index is 12.3. The van der Waals surface area contributed by atoms with E-state index in [0.29, 0.717) is 30.3 Å². The molecule has 24 heavy (non-hydrogen) atoms. The van der Waals surface area contributed by atoms with Crippen LogP contribution in [0.4, 0.5) is 0 Å². The van der Waals surface area contributed by atoms with Crippen molar-refractivity contribution in [1.82, 2.24) is 29.1 Å². The lowest BCUT2D eigenvalue weighted by Gasteiger charge is -2.09. The van der Waals surface area contributed by atoms with Gasteiger partial charge in [0.05, 0.1) is 29.9 Å². The summed E-state index contributed by atoms with van der Waals surface area (Å²) < 4.78 is 8.91. The van der Waals surface area contributed by atoms with Gasteiger partial charge in [-0.15, -0.1) is 0 Å². The van der Waals surface area contributed by atoms with Crippen LogP contribution in [0.2, 0.25) is 0 Å². The third-order valence-corrected chi connectivity index (χ3v) is 4.38. The molecular weight excluding hydrogens is 308 g/mol. The van der Waals surface area contributed by atoms with Gasteiger partial charge in [0, 0.05) is 6.61 Å². The highest BCUT2D eigenvalue weighted by Crippen LogP contribution is 2.22. The molecule has 0 amide bonds. The molecule has 0 radical (unpaired) electrons. The van der Waals surface area contributed by atoms with Crippen LogP contribution in [-0.2, 0) is 4.74 Å². The number of nitrogens with one attached hydrogen (secondary N) is 1. The molecule has 120 valence electrons. The molecule has 1 atom stereocenters. The van der Waals surface area contributed by atoms with Crippen LogP contribution in [-0.4, -0.2) is 42.3 Å². The van der Waals surface area contributed by atoms with Gasteiger partial charge >= 0.3 is 5.69 Å². The molecule has 0 saturated carbocycles. The number of para-hydroxylation sites is 2. The predicted octanol–water partition coefficient (Wildman–Crippen LogP) is 1.42. The van der Waals surface area contributed by atoms with Gasteiger partial charge in [-0.05, 0) is 18.6 Å². The summed E-state index contributed by atoms with van der Waals surface area (Å²) in [5, 5.41) is 0. The number of ether oxygens (including phenoxy) is 1. The van der Waals surface area contributed by atoms with Gasteiger partial charge in [-0.2, -0.15) is 4.98 Å². The Hall–Kier alpha value is -3.00. The van der Waals surface area contributed by atoms with Gasteiger partial charge in [0.2, 0.25) is 5.95 Å². The molecule has 8 nitrogen and oxygen atoms in total. The topological polar surface area (TPSA) is 90.6 Å². The van der Waals surface area contributed by atoms with Crippen LogP contribution in [0.25, 0.3) is 28.1 Å². The van der Waals surface area contributed by atoms with Crippen molar-refractivity contribution in [3.05, 3.63) is 47.3 Å². The van der Waals surface area contributed by atoms with E-state index in [1.807, 2.05) is 28.8 Å². The van der Waals surface area contributed by atoms with Crippen LogP contribution in [0, 0.1) is 0 Å². The monoisotopic (exact) mass is 322 g/mol. The molecule has 3 aromatic heterocycles. The SMILES string of the molecule is O=c1[nH]c2cnc(-n3cnc4ccccc43)nc2n1[C@H]1CCOC1. The molecule has 1 aliphatic rings. The summed E-state index contributed by atoms with van der Waals surface area (Å²) >= 11 is 0. The molecule has 1 fully saturated rings. The number of nitrogens with zero attached hydrogens (tertiary/aromatic N) is 5. The molecule has 4 heterocycles. The Morgan fingerprint density at radius 2 is 2.17 bits per heavy atom. The van der Waals surface area contributed by atoms with E-state index in [2.05, 4.69) is 19.9 Å². The Morgan fingerprint density at radius 1 is 1.25 bits per heavy atom. The second-order valence-corrected chi connectivity index (χ2v) is 5.83. The van der Waals surface area contributed by atoms with Crippen LogP contribution < -0.4 is 5.69 Å². The maximum absolute atomic E-state index is 12.3. The van der Waals surface area contributed by atoms with Crippen molar-refractivity contribution >= 4 is 22.2 Å². The van der Waals surface area contributed by atoms with Gasteiger partial charge in [0.25, 0.3) is 0 Å². The zero-order chi connectivity index (χ0) is 16.1. The minimum absolute atomic E-state index is 0.00790. The highest BCUT2D eigenvalue weighted by Gasteiger charge is 2.23. The molecule has 1 aromatic carbocycles. The molecule has 4 aromatic rings. The Bertz CT molecular complexity index is 1100. The zero-order valence-corrected chi connectivity index (χ0v) is 12.7. The summed E-state index contributed by atoms with van der Waals surface area (Å²) in [7, 11) is 0. The fraction of sp³-hybridized carbons (Fsp3) is 0.250. The lowest BCUT2D eigenvalue weighted by molar-refractivity contribution is 0.186. The van der Waals surface area contributed by atoms with E-state index in [0.717, 1.165) is 17.5 Å². The molecule has 1 saturated heterocycles. The third kappa shape index (κ3) is 1.89. The summed E-state index contributed by atoms with van der Waals surface area (Å²) in [4.78, 5) is 28.5. The average molecular weight is 322 g/mol. The summed E-state index contributed by atoms with van der Waals surface area (Å²) in [5.41, 5.74) is 2.84. The first-order valence-electron chi connectivity index (χ1n) is 7.79. The van der Waals surface area contributed by atoms with Crippen LogP contribution >= 0.6 is 0 Å². The number of H-pyrrole nitrogens is 1. The van der Waals surface area contributed by atoms with E-state index in [9.17, 15) is 4.79 Å². The van der Waals surface area contributed by atoms with Gasteiger partial charge in [-0.25, -0.2) is 14.8 Å². The normalized spacial score (nSPS) is 17.9. The highest BCUT2D eigenvalue weighted by molar-refractivity contribution is 5.77. The second-order valence-electron chi connectivity index (χ2n) is 5.83. The van der Waals surface area contributed by atoms with E-state index in [4.69, 9.17) is 4.74 Å². The summed E-state index contributed by atoms with van der Waals surface area (Å²) in [6.07, 6.45) is 4.14. The van der Waals surface area contributed by atoms with Crippen molar-refractivity contribution in [1.29, 1.82) is 0 Å². The van der Waals surface area contributed by atoms with E-state index >= 15 is 0 Å². The van der Waals surface area contributed by atoms with E-state index in [1.165, 1.54) is 0 Å². The summed E-state index contributed by atoms with van der Waals surface area (Å²) in [6.45, 7) is 1.19. The number of hydrogen-bond acceptors (Lipinski definition) is 5. The Morgan fingerprint density at radius 3 is 3.04 bits per heavy atom. The Labute approximate surface area is 135 Å². The lowest BCUT2D eigenvalue weighted by Crippen LogP contribution is -2.22. The molecule has 0 aliphatic carbocycles. The Balaban J connectivity index is 1.73. The minimum atomic E-state index is -0.178. The average Bonchev–Trinajstić information content (AvgIpc) is 3.31. The van der Waals surface area contributed by atoms with Crippen LogP contribution in [0.5, 0.6) is 0 Å². The number of imidazole rings is 2. The fourth-order valence-corrected chi connectivity index (χ4v) is 3.21. The maximum Gasteiger partial charge on any atom is 0.328 e. The molecule has 5 rings (SSSR count). The van der Waals surface area contributed by atoms with E-state index in [1.54, 1.807) is 17.1 Å². The third-order valence-electron chi connectivity index (χ3n) is 4.38. The number of aromatic nitrogens is 6. The predicted molar refractivity (Wildman–Crippen MR) is 87.2 cm³/mol. The van der Waals surface area contributed by atoms with E-state index < -0.39 is 0 Å². The number of fused-ring (bicyclic) bond motifs is 2. The van der Waals surface area contributed by atoms with Crippen LogP contribution in [0.1, 0.15) is 12.5 Å². The fourth-order valence-electron chi connectivity index (χ4n) is 3.21. The standard InChI is InChI=1S/C16H14N6O2/c23-16-19-12-7-17-15(20-14(12)22(16)10-5-6-24-8-10)21-9-18-11-3-1-2-4-13(11)21/h1-4,7,9-10H,5-6,8H2,(H,19,23)/t10-/m0/s1. The van der Waals surface area contributed by atoms with Gasteiger partial charge in [0.15, 0.2) is 5.65 Å². The first kappa shape index (κ1) is 13.4. The highest BCUT2D eigenvalue weighted by atomic mass is 16.5. The summed E-state index contributed by atoms with van der Waals surface area (Å²) in [6, 6.07) is 7.79.